The third-order valence-electron chi connectivity index (χ3n) is 5.85. The van der Waals surface area contributed by atoms with Crippen LogP contribution in [-0.4, -0.2) is 47.2 Å². The highest BCUT2D eigenvalue weighted by atomic mass is 32.1. The van der Waals surface area contributed by atoms with Crippen molar-refractivity contribution in [1.82, 2.24) is 9.97 Å². The number of thiophene rings is 1. The van der Waals surface area contributed by atoms with Gasteiger partial charge in [0.05, 0.1) is 17.9 Å². The molecule has 1 N–H and O–H groups in total. The molecule has 2 aromatic heterocycles. The number of fused-ring (bicyclic) bond motifs is 2. The van der Waals surface area contributed by atoms with Crippen molar-refractivity contribution in [2.24, 2.45) is 11.3 Å². The van der Waals surface area contributed by atoms with Crippen LogP contribution in [0.25, 0.3) is 10.2 Å². The van der Waals surface area contributed by atoms with Gasteiger partial charge in [-0.25, -0.2) is 14.8 Å². The van der Waals surface area contributed by atoms with E-state index in [0.29, 0.717) is 30.2 Å². The molecule has 0 radical (unpaired) electrons. The molecule has 0 spiro atoms. The summed E-state index contributed by atoms with van der Waals surface area (Å²) in [5.41, 5.74) is 0.119. The van der Waals surface area contributed by atoms with Crippen molar-refractivity contribution in [3.05, 3.63) is 16.3 Å². The Hall–Kier alpha value is -2.22. The number of carbonyl (C=O) groups excluding carboxylic acids is 1. The highest BCUT2D eigenvalue weighted by Crippen LogP contribution is 2.50. The van der Waals surface area contributed by atoms with Gasteiger partial charge in [-0.3, -0.25) is 4.79 Å². The van der Waals surface area contributed by atoms with Crippen molar-refractivity contribution in [1.29, 1.82) is 0 Å². The Labute approximate surface area is 155 Å². The zero-order valence-corrected chi connectivity index (χ0v) is 15.9. The number of ether oxygens (including phenoxy) is 1. The monoisotopic (exact) mass is 375 g/mol. The number of carboxylic acids is 1. The Morgan fingerprint density at radius 2 is 2.12 bits per heavy atom. The van der Waals surface area contributed by atoms with Gasteiger partial charge in [0.15, 0.2) is 0 Å². The number of methoxy groups -OCH3 is 1. The van der Waals surface area contributed by atoms with Gasteiger partial charge in [-0.1, -0.05) is 6.42 Å². The summed E-state index contributed by atoms with van der Waals surface area (Å²) in [5.74, 6) is 0.415. The topological polar surface area (TPSA) is 92.6 Å². The molecule has 1 saturated carbocycles. The number of aromatic nitrogens is 2. The van der Waals surface area contributed by atoms with Crippen molar-refractivity contribution >= 4 is 39.3 Å². The van der Waals surface area contributed by atoms with Crippen molar-refractivity contribution in [3.8, 4) is 0 Å². The van der Waals surface area contributed by atoms with Gasteiger partial charge in [0.2, 0.25) is 0 Å². The summed E-state index contributed by atoms with van der Waals surface area (Å²) in [6.07, 6.45) is 2.62. The molecule has 0 amide bonds. The average Bonchev–Trinajstić information content (AvgIpc) is 3.24. The normalized spacial score (nSPS) is 24.9. The van der Waals surface area contributed by atoms with Crippen molar-refractivity contribution < 1.29 is 19.4 Å². The predicted molar refractivity (Wildman–Crippen MR) is 97.9 cm³/mol. The molecule has 2 aliphatic rings. The molecule has 7 nitrogen and oxygen atoms in total. The van der Waals surface area contributed by atoms with Crippen LogP contribution in [0.2, 0.25) is 0 Å². The van der Waals surface area contributed by atoms with Crippen LogP contribution in [0.5, 0.6) is 0 Å². The number of carbonyl (C=O) groups is 2. The largest absolute Gasteiger partial charge is 0.481 e. The first-order valence-electron chi connectivity index (χ1n) is 8.72. The van der Waals surface area contributed by atoms with Gasteiger partial charge < -0.3 is 14.7 Å². The van der Waals surface area contributed by atoms with Gasteiger partial charge in [0.25, 0.3) is 0 Å². The molecule has 3 heterocycles. The van der Waals surface area contributed by atoms with Crippen molar-refractivity contribution in [3.63, 3.8) is 0 Å². The van der Waals surface area contributed by atoms with E-state index in [0.717, 1.165) is 34.4 Å². The van der Waals surface area contributed by atoms with Crippen LogP contribution < -0.4 is 4.90 Å². The molecule has 2 fully saturated rings. The number of hydrogen-bond donors (Lipinski definition) is 1. The van der Waals surface area contributed by atoms with E-state index in [9.17, 15) is 14.7 Å². The first-order valence-corrected chi connectivity index (χ1v) is 9.53. The fourth-order valence-corrected chi connectivity index (χ4v) is 5.68. The second-order valence-electron chi connectivity index (χ2n) is 7.25. The van der Waals surface area contributed by atoms with Crippen molar-refractivity contribution in [2.45, 2.75) is 33.1 Å². The lowest BCUT2D eigenvalue weighted by Gasteiger charge is -2.24. The minimum atomic E-state index is -0.707. The molecular weight excluding hydrogens is 354 g/mol. The quantitative estimate of drug-likeness (QED) is 0.825. The summed E-state index contributed by atoms with van der Waals surface area (Å²) in [6.45, 7) is 4.83. The van der Waals surface area contributed by atoms with E-state index >= 15 is 0 Å². The summed E-state index contributed by atoms with van der Waals surface area (Å²) >= 11 is 1.30. The van der Waals surface area contributed by atoms with Gasteiger partial charge in [-0.2, -0.15) is 0 Å². The lowest BCUT2D eigenvalue weighted by atomic mass is 9.81. The first kappa shape index (κ1) is 17.2. The number of aliphatic carboxylic acids is 1. The van der Waals surface area contributed by atoms with Gasteiger partial charge >= 0.3 is 11.9 Å². The zero-order valence-electron chi connectivity index (χ0n) is 15.0. The minimum absolute atomic E-state index is 0.143. The number of aryl methyl sites for hydroxylation is 2. The Balaban J connectivity index is 1.84. The first-order chi connectivity index (χ1) is 12.4. The van der Waals surface area contributed by atoms with Crippen LogP contribution in [0, 0.1) is 25.2 Å². The van der Waals surface area contributed by atoms with E-state index in [1.54, 1.807) is 0 Å². The summed E-state index contributed by atoms with van der Waals surface area (Å²) in [6, 6.07) is 0. The molecule has 0 bridgehead atoms. The fraction of sp³-hybridized carbons (Fsp3) is 0.556. The van der Waals surface area contributed by atoms with Crippen LogP contribution in [0.3, 0.4) is 0 Å². The minimum Gasteiger partial charge on any atom is -0.481 e. The average molecular weight is 375 g/mol. The number of anilines is 1. The van der Waals surface area contributed by atoms with E-state index in [-0.39, 0.29) is 11.9 Å². The Morgan fingerprint density at radius 3 is 2.77 bits per heavy atom. The summed E-state index contributed by atoms with van der Waals surface area (Å²) in [4.78, 5) is 36.5. The SMILES string of the molecule is COC(=O)c1sc2nc(C)nc(N3C[C@@H]4CCC[C@@]4(C(=O)O)C3)c2c1C. The molecule has 1 saturated heterocycles. The number of esters is 1. The Kier molecular flexibility index (Phi) is 3.91. The smallest absolute Gasteiger partial charge is 0.348 e. The van der Waals surface area contributed by atoms with Crippen LogP contribution in [0.4, 0.5) is 5.82 Å². The summed E-state index contributed by atoms with van der Waals surface area (Å²) < 4.78 is 4.88. The third-order valence-corrected chi connectivity index (χ3v) is 7.02. The van der Waals surface area contributed by atoms with Crippen LogP contribution in [0.1, 0.15) is 40.3 Å². The maximum atomic E-state index is 12.1. The van der Waals surface area contributed by atoms with Gasteiger partial charge in [-0.15, -0.1) is 11.3 Å². The number of hydrogen-bond acceptors (Lipinski definition) is 7. The van der Waals surface area contributed by atoms with Crippen LogP contribution in [-0.2, 0) is 9.53 Å². The van der Waals surface area contributed by atoms with E-state index < -0.39 is 11.4 Å². The van der Waals surface area contributed by atoms with Gasteiger partial charge in [-0.05, 0) is 38.2 Å². The predicted octanol–water partition coefficient (Wildman–Crippen LogP) is 2.79. The molecule has 2 atom stereocenters. The molecule has 26 heavy (non-hydrogen) atoms. The molecule has 1 aliphatic carbocycles. The molecule has 1 aliphatic heterocycles. The Bertz CT molecular complexity index is 925. The maximum absolute atomic E-state index is 12.1. The molecule has 0 unspecified atom stereocenters. The molecule has 8 heteroatoms. The second-order valence-corrected chi connectivity index (χ2v) is 8.25. The zero-order chi connectivity index (χ0) is 18.6. The number of rotatable bonds is 3. The molecular formula is C18H21N3O4S. The highest BCUT2D eigenvalue weighted by molar-refractivity contribution is 7.20. The van der Waals surface area contributed by atoms with E-state index in [1.807, 2.05) is 13.8 Å². The van der Waals surface area contributed by atoms with E-state index in [2.05, 4.69) is 14.9 Å². The molecule has 4 rings (SSSR count). The van der Waals surface area contributed by atoms with E-state index in [4.69, 9.17) is 4.74 Å². The molecule has 138 valence electrons. The number of nitrogens with zero attached hydrogens (tertiary/aromatic N) is 3. The van der Waals surface area contributed by atoms with Crippen LogP contribution >= 0.6 is 11.3 Å². The third kappa shape index (κ3) is 2.31. The van der Waals surface area contributed by atoms with Crippen LogP contribution in [0.15, 0.2) is 0 Å². The molecule has 2 aromatic rings. The maximum Gasteiger partial charge on any atom is 0.348 e. The van der Waals surface area contributed by atoms with Gasteiger partial charge in [0.1, 0.15) is 21.3 Å². The standard InChI is InChI=1S/C18H21N3O4S/c1-9-12-14(19-10(2)20-15(12)26-13(9)16(22)25-3)21-7-11-5-4-6-18(11,8-21)17(23)24/h11H,4-8H2,1-3H3,(H,23,24)/t11-,18+/m0/s1. The lowest BCUT2D eigenvalue weighted by Crippen LogP contribution is -2.35. The second kappa shape index (κ2) is 5.90. The Morgan fingerprint density at radius 1 is 1.35 bits per heavy atom. The summed E-state index contributed by atoms with van der Waals surface area (Å²) in [5, 5.41) is 10.7. The lowest BCUT2D eigenvalue weighted by molar-refractivity contribution is -0.149. The van der Waals surface area contributed by atoms with Crippen molar-refractivity contribution in [2.75, 3.05) is 25.1 Å². The highest BCUT2D eigenvalue weighted by Gasteiger charge is 2.55. The van der Waals surface area contributed by atoms with Gasteiger partial charge in [0, 0.05) is 13.1 Å². The van der Waals surface area contributed by atoms with E-state index in [1.165, 1.54) is 18.4 Å². The molecule has 0 aromatic carbocycles. The summed E-state index contributed by atoms with van der Waals surface area (Å²) in [7, 11) is 1.36. The fourth-order valence-electron chi connectivity index (χ4n) is 4.54. The number of carboxylic acid groups (broad SMARTS) is 1.